The van der Waals surface area contributed by atoms with Crippen molar-refractivity contribution >= 4 is 5.97 Å². The van der Waals surface area contributed by atoms with E-state index in [-0.39, 0.29) is 18.8 Å². The summed E-state index contributed by atoms with van der Waals surface area (Å²) in [7, 11) is 0. The maximum Gasteiger partial charge on any atom is 0.334 e. The SMILES string of the molecule is C=C(C(=O)O)[C@@]1(O)CO[C@H]2[C@H](O)CO[C@H]21. The highest BCUT2D eigenvalue weighted by Gasteiger charge is 2.58. The maximum atomic E-state index is 10.7. The fourth-order valence-electron chi connectivity index (χ4n) is 1.95. The van der Waals surface area contributed by atoms with Crippen LogP contribution in [0.4, 0.5) is 0 Å². The van der Waals surface area contributed by atoms with E-state index in [4.69, 9.17) is 14.6 Å². The normalized spacial score (nSPS) is 44.0. The van der Waals surface area contributed by atoms with Crippen LogP contribution in [0.25, 0.3) is 0 Å². The molecule has 2 aliphatic rings. The average Bonchev–Trinajstić information content (AvgIpc) is 2.70. The van der Waals surface area contributed by atoms with Gasteiger partial charge < -0.3 is 24.8 Å². The highest BCUT2D eigenvalue weighted by Crippen LogP contribution is 2.38. The molecule has 0 aromatic rings. The number of carboxylic acid groups (broad SMARTS) is 1. The average molecular weight is 216 g/mol. The molecule has 2 saturated heterocycles. The van der Waals surface area contributed by atoms with E-state index in [1.54, 1.807) is 0 Å². The van der Waals surface area contributed by atoms with Crippen LogP contribution in [0.5, 0.6) is 0 Å². The van der Waals surface area contributed by atoms with Crippen molar-refractivity contribution in [1.82, 2.24) is 0 Å². The molecule has 2 rings (SSSR count). The number of carbonyl (C=O) groups is 1. The highest BCUT2D eigenvalue weighted by molar-refractivity contribution is 5.88. The number of aliphatic hydroxyl groups is 2. The Labute approximate surface area is 85.7 Å². The Bertz CT molecular complexity index is 314. The van der Waals surface area contributed by atoms with Gasteiger partial charge in [-0.05, 0) is 0 Å². The molecule has 4 atom stereocenters. The smallest absolute Gasteiger partial charge is 0.334 e. The fraction of sp³-hybridized carbons (Fsp3) is 0.667. The third-order valence-corrected chi connectivity index (χ3v) is 2.87. The van der Waals surface area contributed by atoms with Gasteiger partial charge in [0.05, 0.1) is 18.8 Å². The van der Waals surface area contributed by atoms with E-state index in [9.17, 15) is 15.0 Å². The Morgan fingerprint density at radius 3 is 2.73 bits per heavy atom. The number of aliphatic hydroxyl groups excluding tert-OH is 1. The first-order valence-electron chi connectivity index (χ1n) is 4.53. The number of fused-ring (bicyclic) bond motifs is 1. The first-order valence-corrected chi connectivity index (χ1v) is 4.53. The summed E-state index contributed by atoms with van der Waals surface area (Å²) in [5.41, 5.74) is -2.11. The second kappa shape index (κ2) is 3.28. The molecule has 0 aromatic heterocycles. The van der Waals surface area contributed by atoms with Gasteiger partial charge in [-0.2, -0.15) is 0 Å². The third kappa shape index (κ3) is 1.37. The maximum absolute atomic E-state index is 10.7. The lowest BCUT2D eigenvalue weighted by atomic mass is 9.89. The van der Waals surface area contributed by atoms with Crippen LogP contribution in [0.3, 0.4) is 0 Å². The number of aliphatic carboxylic acids is 1. The molecule has 0 unspecified atom stereocenters. The van der Waals surface area contributed by atoms with E-state index < -0.39 is 29.9 Å². The quantitative estimate of drug-likeness (QED) is 0.487. The van der Waals surface area contributed by atoms with Gasteiger partial charge in [0.25, 0.3) is 0 Å². The minimum atomic E-state index is -1.74. The summed E-state index contributed by atoms with van der Waals surface area (Å²) in [4.78, 5) is 10.7. The fourth-order valence-corrected chi connectivity index (χ4v) is 1.95. The molecule has 0 bridgehead atoms. The van der Waals surface area contributed by atoms with Crippen LogP contribution in [-0.2, 0) is 14.3 Å². The van der Waals surface area contributed by atoms with Gasteiger partial charge in [-0.1, -0.05) is 6.58 Å². The van der Waals surface area contributed by atoms with Crippen LogP contribution < -0.4 is 0 Å². The molecule has 0 saturated carbocycles. The van der Waals surface area contributed by atoms with Crippen molar-refractivity contribution in [1.29, 1.82) is 0 Å². The first kappa shape index (κ1) is 10.6. The Balaban J connectivity index is 2.24. The molecular weight excluding hydrogens is 204 g/mol. The van der Waals surface area contributed by atoms with E-state index in [1.165, 1.54) is 0 Å². The number of rotatable bonds is 2. The number of hydrogen-bond donors (Lipinski definition) is 3. The lowest BCUT2D eigenvalue weighted by Crippen LogP contribution is -2.47. The van der Waals surface area contributed by atoms with Crippen molar-refractivity contribution in [3.63, 3.8) is 0 Å². The van der Waals surface area contributed by atoms with E-state index in [0.29, 0.717) is 0 Å². The monoisotopic (exact) mass is 216 g/mol. The van der Waals surface area contributed by atoms with Gasteiger partial charge >= 0.3 is 5.97 Å². The molecule has 0 radical (unpaired) electrons. The van der Waals surface area contributed by atoms with Crippen molar-refractivity contribution in [3.8, 4) is 0 Å². The van der Waals surface area contributed by atoms with E-state index in [2.05, 4.69) is 6.58 Å². The summed E-state index contributed by atoms with van der Waals surface area (Å²) < 4.78 is 10.3. The molecule has 0 aliphatic carbocycles. The summed E-state index contributed by atoms with van der Waals surface area (Å²) in [6.45, 7) is 3.12. The summed E-state index contributed by atoms with van der Waals surface area (Å²) >= 11 is 0. The highest BCUT2D eigenvalue weighted by atomic mass is 16.6. The van der Waals surface area contributed by atoms with Crippen LogP contribution in [-0.4, -0.2) is 58.4 Å². The van der Waals surface area contributed by atoms with Crippen molar-refractivity contribution in [2.45, 2.75) is 23.9 Å². The second-order valence-electron chi connectivity index (χ2n) is 3.80. The van der Waals surface area contributed by atoms with Crippen LogP contribution in [0.1, 0.15) is 0 Å². The molecule has 0 aromatic carbocycles. The topological polar surface area (TPSA) is 96.2 Å². The lowest BCUT2D eigenvalue weighted by Gasteiger charge is -2.26. The van der Waals surface area contributed by atoms with Crippen LogP contribution >= 0.6 is 0 Å². The Hall–Kier alpha value is -0.950. The van der Waals surface area contributed by atoms with Crippen LogP contribution in [0.15, 0.2) is 12.2 Å². The minimum Gasteiger partial charge on any atom is -0.478 e. The van der Waals surface area contributed by atoms with Crippen LogP contribution in [0, 0.1) is 0 Å². The standard InChI is InChI=1S/C9H12O6/c1-4(8(11)12)9(13)3-15-6-5(10)2-14-7(6)9/h5-7,10,13H,1-3H2,(H,11,12)/t5-,6+,7-,9+/m1/s1. The summed E-state index contributed by atoms with van der Waals surface area (Å²) in [5.74, 6) is -1.30. The van der Waals surface area contributed by atoms with Gasteiger partial charge in [-0.25, -0.2) is 4.79 Å². The van der Waals surface area contributed by atoms with E-state index in [1.807, 2.05) is 0 Å². The number of carboxylic acids is 1. The zero-order chi connectivity index (χ0) is 11.2. The zero-order valence-corrected chi connectivity index (χ0v) is 7.92. The van der Waals surface area contributed by atoms with Gasteiger partial charge in [0, 0.05) is 0 Å². The lowest BCUT2D eigenvalue weighted by molar-refractivity contribution is -0.137. The summed E-state index contributed by atoms with van der Waals surface area (Å²) in [5, 5.41) is 28.3. The van der Waals surface area contributed by atoms with Crippen molar-refractivity contribution in [3.05, 3.63) is 12.2 Å². The molecule has 2 aliphatic heterocycles. The molecular formula is C9H12O6. The Morgan fingerprint density at radius 2 is 2.13 bits per heavy atom. The largest absolute Gasteiger partial charge is 0.478 e. The molecule has 6 nitrogen and oxygen atoms in total. The van der Waals surface area contributed by atoms with Gasteiger partial charge in [0.15, 0.2) is 0 Å². The molecule has 15 heavy (non-hydrogen) atoms. The number of ether oxygens (including phenoxy) is 2. The molecule has 84 valence electrons. The Kier molecular flexibility index (Phi) is 2.31. The Morgan fingerprint density at radius 1 is 1.47 bits per heavy atom. The second-order valence-corrected chi connectivity index (χ2v) is 3.80. The van der Waals surface area contributed by atoms with E-state index >= 15 is 0 Å². The molecule has 0 amide bonds. The molecule has 2 heterocycles. The first-order chi connectivity index (χ1) is 6.97. The molecule has 2 fully saturated rings. The summed E-state index contributed by atoms with van der Waals surface area (Å²) in [6, 6.07) is 0. The van der Waals surface area contributed by atoms with Gasteiger partial charge in [-0.15, -0.1) is 0 Å². The van der Waals surface area contributed by atoms with Crippen molar-refractivity contribution < 1.29 is 29.6 Å². The van der Waals surface area contributed by atoms with E-state index in [0.717, 1.165) is 0 Å². The third-order valence-electron chi connectivity index (χ3n) is 2.87. The predicted molar refractivity (Wildman–Crippen MR) is 47.2 cm³/mol. The minimum absolute atomic E-state index is 0.0323. The molecule has 3 N–H and O–H groups in total. The number of hydrogen-bond acceptors (Lipinski definition) is 5. The predicted octanol–water partition coefficient (Wildman–Crippen LogP) is -1.48. The van der Waals surface area contributed by atoms with Gasteiger partial charge in [-0.3, -0.25) is 0 Å². The van der Waals surface area contributed by atoms with Crippen molar-refractivity contribution in [2.24, 2.45) is 0 Å². The van der Waals surface area contributed by atoms with Crippen LogP contribution in [0.2, 0.25) is 0 Å². The van der Waals surface area contributed by atoms with Crippen molar-refractivity contribution in [2.75, 3.05) is 13.2 Å². The van der Waals surface area contributed by atoms with Gasteiger partial charge in [0.2, 0.25) is 0 Å². The molecule has 6 heteroatoms. The molecule has 0 spiro atoms. The summed E-state index contributed by atoms with van der Waals surface area (Å²) in [6.07, 6.45) is -2.35. The van der Waals surface area contributed by atoms with Gasteiger partial charge in [0.1, 0.15) is 23.9 Å². The zero-order valence-electron chi connectivity index (χ0n) is 7.92.